The number of nitrogens with one attached hydrogen (secondary N) is 2. The van der Waals surface area contributed by atoms with Crippen LogP contribution in [0.25, 0.3) is 0 Å². The number of likely N-dealkylation sites (tertiary alicyclic amines) is 1. The Morgan fingerprint density at radius 3 is 3.04 bits per heavy atom. The average Bonchev–Trinajstić information content (AvgIpc) is 3.17. The van der Waals surface area contributed by atoms with E-state index in [-0.39, 0.29) is 17.9 Å². The summed E-state index contributed by atoms with van der Waals surface area (Å²) in [5, 5.41) is 6.25. The quantitative estimate of drug-likeness (QED) is 0.821. The number of nitrogens with zero attached hydrogens (tertiary/aromatic N) is 1. The monoisotopic (exact) mass is 359 g/mol. The van der Waals surface area contributed by atoms with Gasteiger partial charge in [-0.1, -0.05) is 0 Å². The van der Waals surface area contributed by atoms with Gasteiger partial charge in [-0.3, -0.25) is 9.59 Å². The topological polar surface area (TPSA) is 79.9 Å². The maximum absolute atomic E-state index is 12.8. The number of benzene rings is 1. The summed E-state index contributed by atoms with van der Waals surface area (Å²) in [6.07, 6.45) is 3.60. The number of amides is 2. The van der Waals surface area contributed by atoms with E-state index < -0.39 is 5.60 Å². The molecule has 2 N–H and O–H groups in total. The summed E-state index contributed by atoms with van der Waals surface area (Å²) >= 11 is 0. The molecule has 2 fully saturated rings. The molecule has 0 radical (unpaired) electrons. The van der Waals surface area contributed by atoms with Crippen molar-refractivity contribution in [2.24, 2.45) is 0 Å². The number of methoxy groups -OCH3 is 1. The minimum Gasteiger partial charge on any atom is -0.497 e. The second kappa shape index (κ2) is 6.79. The molecular formula is C19H25N3O4. The van der Waals surface area contributed by atoms with Crippen LogP contribution in [0.2, 0.25) is 0 Å². The molecule has 3 heterocycles. The largest absolute Gasteiger partial charge is 0.497 e. The van der Waals surface area contributed by atoms with Gasteiger partial charge in [0.05, 0.1) is 31.8 Å². The molecule has 3 aliphatic heterocycles. The van der Waals surface area contributed by atoms with Crippen LogP contribution in [-0.2, 0) is 4.79 Å². The van der Waals surface area contributed by atoms with E-state index in [1.807, 2.05) is 4.90 Å². The number of ether oxygens (including phenoxy) is 2. The summed E-state index contributed by atoms with van der Waals surface area (Å²) in [4.78, 5) is 27.2. The minimum absolute atomic E-state index is 0.0814. The Hall–Kier alpha value is -2.28. The van der Waals surface area contributed by atoms with Crippen molar-refractivity contribution in [1.82, 2.24) is 15.5 Å². The number of carbonyl (C=O) groups is 2. The highest BCUT2D eigenvalue weighted by Gasteiger charge is 2.43. The van der Waals surface area contributed by atoms with Crippen LogP contribution >= 0.6 is 0 Å². The van der Waals surface area contributed by atoms with Crippen molar-refractivity contribution in [1.29, 1.82) is 0 Å². The van der Waals surface area contributed by atoms with E-state index >= 15 is 0 Å². The van der Waals surface area contributed by atoms with Crippen molar-refractivity contribution in [2.75, 3.05) is 33.3 Å². The normalized spacial score (nSPS) is 28.1. The van der Waals surface area contributed by atoms with E-state index in [1.54, 1.807) is 25.3 Å². The van der Waals surface area contributed by atoms with Gasteiger partial charge < -0.3 is 25.0 Å². The lowest BCUT2D eigenvalue weighted by Gasteiger charge is -2.42. The summed E-state index contributed by atoms with van der Waals surface area (Å²) in [7, 11) is 1.57. The minimum atomic E-state index is -0.581. The van der Waals surface area contributed by atoms with Gasteiger partial charge in [0.2, 0.25) is 5.91 Å². The first-order valence-corrected chi connectivity index (χ1v) is 9.28. The lowest BCUT2D eigenvalue weighted by Crippen LogP contribution is -2.59. The Morgan fingerprint density at radius 1 is 1.38 bits per heavy atom. The van der Waals surface area contributed by atoms with Gasteiger partial charge in [-0.2, -0.15) is 0 Å². The highest BCUT2D eigenvalue weighted by Crippen LogP contribution is 2.34. The zero-order valence-electron chi connectivity index (χ0n) is 15.0. The molecule has 0 aliphatic carbocycles. The molecule has 3 aliphatic rings. The Bertz CT molecular complexity index is 717. The molecule has 0 saturated carbocycles. The number of hydrogen-bond donors (Lipinski definition) is 2. The fourth-order valence-corrected chi connectivity index (χ4v) is 4.14. The van der Waals surface area contributed by atoms with E-state index in [9.17, 15) is 9.59 Å². The number of hydrogen-bond acceptors (Lipinski definition) is 5. The van der Waals surface area contributed by atoms with Crippen molar-refractivity contribution in [2.45, 2.75) is 37.3 Å². The van der Waals surface area contributed by atoms with Gasteiger partial charge in [-0.05, 0) is 50.4 Å². The standard InChI is InChI=1S/C19H25N3O4/c1-25-13-5-6-16-14(10-13)17(23)21-11-19(26-16)7-3-9-22(12-19)18(24)15-4-2-8-20-15/h5-6,10,15,20H,2-4,7-9,11-12H2,1H3,(H,21,23)/t15-,19-/m0/s1. The number of piperidine rings is 1. The first-order valence-electron chi connectivity index (χ1n) is 9.28. The highest BCUT2D eigenvalue weighted by molar-refractivity contribution is 5.97. The van der Waals surface area contributed by atoms with Gasteiger partial charge in [0, 0.05) is 6.54 Å². The Balaban J connectivity index is 1.57. The van der Waals surface area contributed by atoms with Crippen molar-refractivity contribution in [3.8, 4) is 11.5 Å². The van der Waals surface area contributed by atoms with E-state index in [1.165, 1.54) is 0 Å². The smallest absolute Gasteiger partial charge is 0.255 e. The second-order valence-electron chi connectivity index (χ2n) is 7.34. The molecule has 1 aromatic rings. The van der Waals surface area contributed by atoms with Crippen LogP contribution in [0.1, 0.15) is 36.0 Å². The summed E-state index contributed by atoms with van der Waals surface area (Å²) in [6.45, 7) is 2.53. The number of fused-ring (bicyclic) bond motifs is 1. The zero-order valence-corrected chi connectivity index (χ0v) is 15.0. The molecule has 2 atom stereocenters. The lowest BCUT2D eigenvalue weighted by atomic mass is 9.91. The molecule has 7 heteroatoms. The number of rotatable bonds is 2. The Kier molecular flexibility index (Phi) is 4.48. The molecule has 0 bridgehead atoms. The number of carbonyl (C=O) groups excluding carboxylic acids is 2. The fourth-order valence-electron chi connectivity index (χ4n) is 4.14. The van der Waals surface area contributed by atoms with Crippen molar-refractivity contribution in [3.05, 3.63) is 23.8 Å². The predicted molar refractivity (Wildman–Crippen MR) is 95.5 cm³/mol. The summed E-state index contributed by atoms with van der Waals surface area (Å²) in [6, 6.07) is 5.18. The molecule has 1 spiro atoms. The van der Waals surface area contributed by atoms with Gasteiger partial charge in [0.15, 0.2) is 0 Å². The third kappa shape index (κ3) is 3.11. The Labute approximate surface area is 153 Å². The molecule has 4 rings (SSSR count). The van der Waals surface area contributed by atoms with Crippen LogP contribution in [0, 0.1) is 0 Å². The average molecular weight is 359 g/mol. The van der Waals surface area contributed by atoms with Crippen molar-refractivity contribution >= 4 is 11.8 Å². The maximum atomic E-state index is 12.8. The van der Waals surface area contributed by atoms with Crippen LogP contribution in [0.5, 0.6) is 11.5 Å². The van der Waals surface area contributed by atoms with Crippen LogP contribution in [0.15, 0.2) is 18.2 Å². The molecule has 0 unspecified atom stereocenters. The van der Waals surface area contributed by atoms with E-state index in [2.05, 4.69) is 10.6 Å². The molecular weight excluding hydrogens is 334 g/mol. The molecule has 2 amide bonds. The highest BCUT2D eigenvalue weighted by atomic mass is 16.5. The summed E-state index contributed by atoms with van der Waals surface area (Å²) in [5.41, 5.74) is -0.107. The zero-order chi connectivity index (χ0) is 18.1. The molecule has 1 aromatic carbocycles. The van der Waals surface area contributed by atoms with Crippen LogP contribution in [0.3, 0.4) is 0 Å². The van der Waals surface area contributed by atoms with Crippen LogP contribution in [0.4, 0.5) is 0 Å². The van der Waals surface area contributed by atoms with Crippen LogP contribution in [-0.4, -0.2) is 61.6 Å². The lowest BCUT2D eigenvalue weighted by molar-refractivity contribution is -0.138. The third-order valence-electron chi connectivity index (χ3n) is 5.54. The van der Waals surface area contributed by atoms with Gasteiger partial charge in [-0.25, -0.2) is 0 Å². The predicted octanol–water partition coefficient (Wildman–Crippen LogP) is 0.931. The van der Waals surface area contributed by atoms with Gasteiger partial charge >= 0.3 is 0 Å². The van der Waals surface area contributed by atoms with E-state index in [0.717, 1.165) is 38.8 Å². The first-order chi connectivity index (χ1) is 12.6. The summed E-state index contributed by atoms with van der Waals surface area (Å²) in [5.74, 6) is 1.15. The third-order valence-corrected chi connectivity index (χ3v) is 5.54. The molecule has 140 valence electrons. The molecule has 26 heavy (non-hydrogen) atoms. The van der Waals surface area contributed by atoms with Gasteiger partial charge in [0.25, 0.3) is 5.91 Å². The second-order valence-corrected chi connectivity index (χ2v) is 7.34. The van der Waals surface area contributed by atoms with Crippen molar-refractivity contribution < 1.29 is 19.1 Å². The fraction of sp³-hybridized carbons (Fsp3) is 0.579. The Morgan fingerprint density at radius 2 is 2.27 bits per heavy atom. The molecule has 7 nitrogen and oxygen atoms in total. The maximum Gasteiger partial charge on any atom is 0.255 e. The van der Waals surface area contributed by atoms with Crippen LogP contribution < -0.4 is 20.1 Å². The van der Waals surface area contributed by atoms with E-state index in [4.69, 9.17) is 9.47 Å². The SMILES string of the molecule is COc1ccc2c(c1)C(=O)NC[C@]1(CCCN(C(=O)[C@@H]3CCCN3)C1)O2. The van der Waals surface area contributed by atoms with Crippen molar-refractivity contribution in [3.63, 3.8) is 0 Å². The van der Waals surface area contributed by atoms with E-state index in [0.29, 0.717) is 30.2 Å². The molecule has 0 aromatic heterocycles. The first kappa shape index (κ1) is 17.1. The van der Waals surface area contributed by atoms with Gasteiger partial charge in [-0.15, -0.1) is 0 Å². The van der Waals surface area contributed by atoms with Gasteiger partial charge in [0.1, 0.15) is 17.1 Å². The molecule has 2 saturated heterocycles. The summed E-state index contributed by atoms with van der Waals surface area (Å²) < 4.78 is 11.6.